The second-order valence-electron chi connectivity index (χ2n) is 15.7. The second-order valence-corrected chi connectivity index (χ2v) is 15.7. The molecule has 0 saturated heterocycles. The summed E-state index contributed by atoms with van der Waals surface area (Å²) < 4.78 is 99.6. The maximum atomic E-state index is 9.04. The van der Waals surface area contributed by atoms with E-state index in [4.69, 9.17) is 23.4 Å². The van der Waals surface area contributed by atoms with Gasteiger partial charge in [-0.15, -0.1) is 0 Å². The van der Waals surface area contributed by atoms with Gasteiger partial charge in [0.2, 0.25) is 0 Å². The summed E-state index contributed by atoms with van der Waals surface area (Å²) in [6, 6.07) is 42.4. The minimum absolute atomic E-state index is 0.126. The van der Waals surface area contributed by atoms with Crippen LogP contribution in [0.3, 0.4) is 0 Å². The standard InChI is InChI=1S/C58H42N4O/c1-3-13-42(14-4-1)49-20-12-21-50(43-15-5-2-6-16-43)57(49)61-39-60(54-23-9-10-24-55(54)61)46-17-11-18-47(37-46)63-48-35-36-52-51-19-7-8-22-53(51)62(56(52)38-48)58-44-31-29-40-25-27-41(28-26-40)30-33-45(59-58)34-32-44/h1-28,32,34-38H,29-31,33H2/i1D,2D,3D,4D,5D,6D,13D,14D,15D,16D. The SMILES string of the molecule is [2H]c1c([2H])c([2H])c(-c2cccc(-c3c([2H])c([2H])c([2H])c([2H])c3[2H])c2-[n+]2[c-]n(-c3cccc(Oc4ccc5c6ccccc6n(-c6nc7ccc6CCc6ccc(cc6)CC7)c5c4)c3)c3ccccc32)c([2H])c1[2H]. The first-order chi connectivity index (χ1) is 35.4. The molecule has 4 aliphatic rings. The van der Waals surface area contributed by atoms with Crippen LogP contribution in [-0.2, 0) is 25.7 Å². The van der Waals surface area contributed by atoms with Crippen LogP contribution in [0.2, 0.25) is 0 Å². The Morgan fingerprint density at radius 1 is 0.540 bits per heavy atom. The van der Waals surface area contributed by atoms with Crippen LogP contribution in [0.5, 0.6) is 11.5 Å². The Morgan fingerprint density at radius 3 is 1.95 bits per heavy atom. The van der Waals surface area contributed by atoms with Gasteiger partial charge in [-0.25, -0.2) is 4.98 Å². The third kappa shape index (κ3) is 6.66. The topological polar surface area (TPSA) is 35.9 Å². The summed E-state index contributed by atoms with van der Waals surface area (Å²) in [7, 11) is 0. The molecule has 63 heavy (non-hydrogen) atoms. The van der Waals surface area contributed by atoms with Crippen molar-refractivity contribution in [1.82, 2.24) is 14.1 Å². The summed E-state index contributed by atoms with van der Waals surface area (Å²) in [5, 5.41) is 2.17. The number of imidazole rings is 1. The lowest BCUT2D eigenvalue weighted by Crippen LogP contribution is -2.31. The molecule has 5 nitrogen and oxygen atoms in total. The number of rotatable bonds is 7. The van der Waals surface area contributed by atoms with Crippen molar-refractivity contribution in [1.29, 1.82) is 0 Å². The van der Waals surface area contributed by atoms with Gasteiger partial charge in [0.25, 0.3) is 6.33 Å². The fourth-order valence-electron chi connectivity index (χ4n) is 8.91. The first-order valence-corrected chi connectivity index (χ1v) is 21.0. The Bertz CT molecular complexity index is 3950. The highest BCUT2D eigenvalue weighted by molar-refractivity contribution is 6.09. The third-order valence-corrected chi connectivity index (χ3v) is 11.9. The zero-order valence-corrected chi connectivity index (χ0v) is 33.9. The number of hydrogen-bond acceptors (Lipinski definition) is 2. The Hall–Kier alpha value is -8.02. The van der Waals surface area contributed by atoms with E-state index in [1.165, 1.54) is 11.1 Å². The van der Waals surface area contributed by atoms with E-state index in [1.807, 2.05) is 54.6 Å². The molecule has 0 amide bonds. The van der Waals surface area contributed by atoms with Gasteiger partial charge in [-0.2, -0.15) is 0 Å². The van der Waals surface area contributed by atoms with Gasteiger partial charge in [-0.05, 0) is 107 Å². The number of hydrogen-bond donors (Lipinski definition) is 0. The summed E-state index contributed by atoms with van der Waals surface area (Å²) in [6.07, 6.45) is 6.87. The molecule has 5 heteroatoms. The predicted molar refractivity (Wildman–Crippen MR) is 254 cm³/mol. The molecule has 0 saturated carbocycles. The summed E-state index contributed by atoms with van der Waals surface area (Å²) in [6.45, 7) is 0. The van der Waals surface area contributed by atoms with Crippen LogP contribution in [0.4, 0.5) is 0 Å². The summed E-state index contributed by atoms with van der Waals surface area (Å²) in [5.41, 5.74) is 8.88. The van der Waals surface area contributed by atoms with Crippen molar-refractivity contribution in [3.05, 3.63) is 235 Å². The molecule has 2 aliphatic carbocycles. The number of pyridine rings is 1. The highest BCUT2D eigenvalue weighted by Crippen LogP contribution is 2.38. The van der Waals surface area contributed by atoms with Crippen LogP contribution in [0, 0.1) is 6.33 Å². The molecule has 0 spiro atoms. The number of aromatic nitrogens is 4. The van der Waals surface area contributed by atoms with Crippen molar-refractivity contribution in [2.45, 2.75) is 25.7 Å². The lowest BCUT2D eigenvalue weighted by molar-refractivity contribution is -0.571. The highest BCUT2D eigenvalue weighted by atomic mass is 16.5. The minimum atomic E-state index is -0.563. The van der Waals surface area contributed by atoms with Gasteiger partial charge in [0.15, 0.2) is 0 Å². The highest BCUT2D eigenvalue weighted by Gasteiger charge is 2.21. The van der Waals surface area contributed by atoms with Gasteiger partial charge in [0, 0.05) is 22.5 Å². The number of aryl methyl sites for hydroxylation is 4. The zero-order chi connectivity index (χ0) is 50.4. The molecule has 11 aromatic rings. The first-order valence-electron chi connectivity index (χ1n) is 26.0. The van der Waals surface area contributed by atoms with Crippen molar-refractivity contribution >= 4 is 32.8 Å². The van der Waals surface area contributed by atoms with Gasteiger partial charge in [0.1, 0.15) is 17.3 Å². The van der Waals surface area contributed by atoms with Crippen LogP contribution < -0.4 is 9.30 Å². The Kier molecular flexibility index (Phi) is 6.81. The molecule has 15 rings (SSSR count). The normalized spacial score (nSPS) is 14.7. The maximum absolute atomic E-state index is 9.04. The van der Waals surface area contributed by atoms with Gasteiger partial charge in [-0.1, -0.05) is 157 Å². The lowest BCUT2D eigenvalue weighted by atomic mass is 9.95. The molecule has 8 aromatic carbocycles. The number of ether oxygens (including phenoxy) is 1. The van der Waals surface area contributed by atoms with Gasteiger partial charge >= 0.3 is 0 Å². The van der Waals surface area contributed by atoms with E-state index in [9.17, 15) is 0 Å². The smallest absolute Gasteiger partial charge is 0.269 e. The van der Waals surface area contributed by atoms with E-state index in [2.05, 4.69) is 83.7 Å². The average Bonchev–Trinajstić information content (AvgIpc) is 3.96. The number of fused-ring (bicyclic) bond motifs is 4. The number of nitrogens with zero attached hydrogens (tertiary/aromatic N) is 4. The Labute approximate surface area is 380 Å². The van der Waals surface area contributed by atoms with Crippen LogP contribution in [0.25, 0.3) is 72.3 Å². The van der Waals surface area contributed by atoms with Gasteiger partial charge < -0.3 is 4.74 Å². The predicted octanol–water partition coefficient (Wildman–Crippen LogP) is 13.2. The van der Waals surface area contributed by atoms with Crippen molar-refractivity contribution < 1.29 is 23.0 Å². The van der Waals surface area contributed by atoms with Crippen LogP contribution in [0.15, 0.2) is 206 Å². The molecule has 0 fully saturated rings. The van der Waals surface area contributed by atoms with Gasteiger partial charge in [0.05, 0.1) is 47.1 Å². The molecular weight excluding hydrogens is 769 g/mol. The monoisotopic (exact) mass is 820 g/mol. The Balaban J connectivity index is 0.999. The molecular formula is C58H42N4O. The largest absolute Gasteiger partial charge is 0.458 e. The molecule has 2 aliphatic heterocycles. The molecule has 0 N–H and O–H groups in total. The second kappa shape index (κ2) is 15.5. The van der Waals surface area contributed by atoms with E-state index in [0.29, 0.717) is 28.2 Å². The summed E-state index contributed by atoms with van der Waals surface area (Å²) in [5.74, 6) is 2.04. The number of para-hydroxylation sites is 4. The fourth-order valence-corrected chi connectivity index (χ4v) is 8.91. The van der Waals surface area contributed by atoms with Crippen LogP contribution >= 0.6 is 0 Å². The molecule has 0 radical (unpaired) electrons. The van der Waals surface area contributed by atoms with E-state index >= 15 is 0 Å². The quantitative estimate of drug-likeness (QED) is 0.119. The minimum Gasteiger partial charge on any atom is -0.458 e. The molecule has 0 unspecified atom stereocenters. The van der Waals surface area contributed by atoms with E-state index in [1.54, 1.807) is 27.3 Å². The molecule has 3 aromatic heterocycles. The maximum Gasteiger partial charge on any atom is 0.269 e. The summed E-state index contributed by atoms with van der Waals surface area (Å²) >= 11 is 0. The number of benzene rings is 8. The first kappa shape index (κ1) is 27.8. The molecule has 4 bridgehead atoms. The molecule has 5 heterocycles. The zero-order valence-electron chi connectivity index (χ0n) is 43.9. The van der Waals surface area contributed by atoms with Crippen LogP contribution in [-0.4, -0.2) is 14.1 Å². The molecule has 300 valence electrons. The average molecular weight is 821 g/mol. The fraction of sp³-hybridized carbons (Fsp3) is 0.0690. The van der Waals surface area contributed by atoms with Crippen molar-refractivity contribution in [2.24, 2.45) is 0 Å². The molecule has 0 atom stereocenters. The third-order valence-electron chi connectivity index (χ3n) is 11.9. The Morgan fingerprint density at radius 2 is 1.19 bits per heavy atom. The van der Waals surface area contributed by atoms with E-state index < -0.39 is 60.4 Å². The van der Waals surface area contributed by atoms with Crippen LogP contribution in [0.1, 0.15) is 36.1 Å². The van der Waals surface area contributed by atoms with Crippen molar-refractivity contribution in [3.8, 4) is 50.9 Å². The lowest BCUT2D eigenvalue weighted by Gasteiger charge is -2.17. The van der Waals surface area contributed by atoms with Gasteiger partial charge in [-0.3, -0.25) is 13.7 Å². The van der Waals surface area contributed by atoms with Crippen molar-refractivity contribution in [2.75, 3.05) is 0 Å². The summed E-state index contributed by atoms with van der Waals surface area (Å²) in [4.78, 5) is 5.36. The van der Waals surface area contributed by atoms with E-state index in [-0.39, 0.29) is 27.9 Å². The van der Waals surface area contributed by atoms with Crippen molar-refractivity contribution in [3.63, 3.8) is 0 Å². The van der Waals surface area contributed by atoms with E-state index in [0.717, 1.165) is 64.6 Å².